The molecule has 2 aromatic rings. The number of fused-ring (bicyclic) bond motifs is 1. The van der Waals surface area contributed by atoms with Crippen LogP contribution in [0.25, 0.3) is 6.08 Å². The van der Waals surface area contributed by atoms with Gasteiger partial charge in [-0.1, -0.05) is 35.9 Å². The van der Waals surface area contributed by atoms with E-state index in [9.17, 15) is 14.9 Å². The van der Waals surface area contributed by atoms with Crippen molar-refractivity contribution in [3.8, 4) is 6.07 Å². The van der Waals surface area contributed by atoms with E-state index in [1.807, 2.05) is 55.5 Å². The SMILES string of the molecule is Cc1ccc(CNC(=O)/C(C#N)=C/c2ccc3c(c2)CCC(=O)N3C)cc1. The number of nitriles is 1. The van der Waals surface area contributed by atoms with Crippen molar-refractivity contribution in [1.29, 1.82) is 5.26 Å². The van der Waals surface area contributed by atoms with Gasteiger partial charge in [0.25, 0.3) is 5.91 Å². The Morgan fingerprint density at radius 1 is 1.22 bits per heavy atom. The Hall–Kier alpha value is -3.39. The summed E-state index contributed by atoms with van der Waals surface area (Å²) in [5.41, 5.74) is 4.89. The number of anilines is 1. The molecule has 0 atom stereocenters. The monoisotopic (exact) mass is 359 g/mol. The van der Waals surface area contributed by atoms with Gasteiger partial charge in [-0.15, -0.1) is 0 Å². The summed E-state index contributed by atoms with van der Waals surface area (Å²) in [4.78, 5) is 25.8. The van der Waals surface area contributed by atoms with Crippen LogP contribution in [0.15, 0.2) is 48.0 Å². The van der Waals surface area contributed by atoms with Crippen LogP contribution < -0.4 is 10.2 Å². The molecule has 1 aliphatic rings. The first kappa shape index (κ1) is 18.4. The molecule has 3 rings (SSSR count). The summed E-state index contributed by atoms with van der Waals surface area (Å²) in [6.07, 6.45) is 2.72. The molecule has 1 heterocycles. The average molecular weight is 359 g/mol. The van der Waals surface area contributed by atoms with Crippen LogP contribution in [0.1, 0.15) is 28.7 Å². The second kappa shape index (κ2) is 7.88. The summed E-state index contributed by atoms with van der Waals surface area (Å²) >= 11 is 0. The minimum atomic E-state index is -0.400. The number of carbonyl (C=O) groups excluding carboxylic acids is 2. The van der Waals surface area contributed by atoms with E-state index in [1.54, 1.807) is 18.0 Å². The van der Waals surface area contributed by atoms with Crippen molar-refractivity contribution in [2.75, 3.05) is 11.9 Å². The molecule has 0 unspecified atom stereocenters. The molecule has 2 amide bonds. The molecule has 0 aliphatic carbocycles. The smallest absolute Gasteiger partial charge is 0.262 e. The number of aryl methyl sites for hydroxylation is 2. The van der Waals surface area contributed by atoms with E-state index in [0.29, 0.717) is 19.4 Å². The van der Waals surface area contributed by atoms with Crippen molar-refractivity contribution in [1.82, 2.24) is 5.32 Å². The number of carbonyl (C=O) groups is 2. The molecular weight excluding hydrogens is 338 g/mol. The molecule has 1 N–H and O–H groups in total. The minimum absolute atomic E-state index is 0.0577. The number of nitrogens with one attached hydrogen (secondary N) is 1. The van der Waals surface area contributed by atoms with Crippen molar-refractivity contribution >= 4 is 23.6 Å². The van der Waals surface area contributed by atoms with Crippen LogP contribution in [0.5, 0.6) is 0 Å². The van der Waals surface area contributed by atoms with Crippen LogP contribution in [0.2, 0.25) is 0 Å². The molecule has 1 aliphatic heterocycles. The quantitative estimate of drug-likeness (QED) is 0.673. The fourth-order valence-corrected chi connectivity index (χ4v) is 3.07. The van der Waals surface area contributed by atoms with Crippen LogP contribution >= 0.6 is 0 Å². The van der Waals surface area contributed by atoms with Gasteiger partial charge >= 0.3 is 0 Å². The van der Waals surface area contributed by atoms with E-state index < -0.39 is 5.91 Å². The number of hydrogen-bond donors (Lipinski definition) is 1. The summed E-state index contributed by atoms with van der Waals surface area (Å²) in [6.45, 7) is 2.38. The first-order chi connectivity index (χ1) is 13.0. The van der Waals surface area contributed by atoms with E-state index in [4.69, 9.17) is 0 Å². The molecule has 0 aromatic heterocycles. The molecule has 0 spiro atoms. The van der Waals surface area contributed by atoms with Crippen molar-refractivity contribution in [2.45, 2.75) is 26.3 Å². The third-order valence-corrected chi connectivity index (χ3v) is 4.70. The Bertz CT molecular complexity index is 953. The van der Waals surface area contributed by atoms with E-state index >= 15 is 0 Å². The Morgan fingerprint density at radius 3 is 2.67 bits per heavy atom. The zero-order chi connectivity index (χ0) is 19.4. The van der Waals surface area contributed by atoms with E-state index in [-0.39, 0.29) is 11.5 Å². The number of benzene rings is 2. The molecule has 0 fully saturated rings. The summed E-state index contributed by atoms with van der Waals surface area (Å²) < 4.78 is 0. The van der Waals surface area contributed by atoms with Gasteiger partial charge in [-0.2, -0.15) is 5.26 Å². The maximum Gasteiger partial charge on any atom is 0.262 e. The van der Waals surface area contributed by atoms with Crippen molar-refractivity contribution < 1.29 is 9.59 Å². The summed E-state index contributed by atoms with van der Waals surface area (Å²) in [7, 11) is 1.76. The molecule has 0 radical (unpaired) electrons. The van der Waals surface area contributed by atoms with Crippen LogP contribution in [-0.2, 0) is 22.6 Å². The van der Waals surface area contributed by atoms with Crippen molar-refractivity contribution in [3.05, 3.63) is 70.3 Å². The molecule has 2 aromatic carbocycles. The van der Waals surface area contributed by atoms with Gasteiger partial charge in [-0.25, -0.2) is 0 Å². The van der Waals surface area contributed by atoms with Gasteiger partial charge < -0.3 is 10.2 Å². The van der Waals surface area contributed by atoms with Gasteiger partial charge in [0.2, 0.25) is 5.91 Å². The molecule has 0 saturated carbocycles. The van der Waals surface area contributed by atoms with Crippen molar-refractivity contribution in [2.24, 2.45) is 0 Å². The Morgan fingerprint density at radius 2 is 1.96 bits per heavy atom. The maximum absolute atomic E-state index is 12.3. The third-order valence-electron chi connectivity index (χ3n) is 4.70. The Labute approximate surface area is 158 Å². The zero-order valence-corrected chi connectivity index (χ0v) is 15.5. The van der Waals surface area contributed by atoms with Gasteiger partial charge in [0.05, 0.1) is 0 Å². The second-order valence-corrected chi connectivity index (χ2v) is 6.68. The van der Waals surface area contributed by atoms with E-state index in [2.05, 4.69) is 5.32 Å². The second-order valence-electron chi connectivity index (χ2n) is 6.68. The predicted molar refractivity (Wildman–Crippen MR) is 105 cm³/mol. The normalized spacial score (nSPS) is 13.7. The highest BCUT2D eigenvalue weighted by molar-refractivity contribution is 6.02. The first-order valence-corrected chi connectivity index (χ1v) is 8.83. The number of amides is 2. The third kappa shape index (κ3) is 4.24. The lowest BCUT2D eigenvalue weighted by Gasteiger charge is -2.25. The first-order valence-electron chi connectivity index (χ1n) is 8.83. The van der Waals surface area contributed by atoms with Gasteiger partial charge in [0.1, 0.15) is 11.6 Å². The fraction of sp³-hybridized carbons (Fsp3) is 0.227. The summed E-state index contributed by atoms with van der Waals surface area (Å²) in [6, 6.07) is 15.5. The summed E-state index contributed by atoms with van der Waals surface area (Å²) in [5, 5.41) is 12.2. The highest BCUT2D eigenvalue weighted by atomic mass is 16.2. The van der Waals surface area contributed by atoms with E-state index in [1.165, 1.54) is 0 Å². The average Bonchev–Trinajstić information content (AvgIpc) is 2.68. The Balaban J connectivity index is 1.74. The predicted octanol–water partition coefficient (Wildman–Crippen LogP) is 3.13. The van der Waals surface area contributed by atoms with Crippen LogP contribution in [0.4, 0.5) is 5.69 Å². The largest absolute Gasteiger partial charge is 0.347 e. The lowest BCUT2D eigenvalue weighted by Crippen LogP contribution is -2.31. The fourth-order valence-electron chi connectivity index (χ4n) is 3.07. The number of hydrogen-bond acceptors (Lipinski definition) is 3. The highest BCUT2D eigenvalue weighted by Gasteiger charge is 2.20. The minimum Gasteiger partial charge on any atom is -0.347 e. The molecule has 5 nitrogen and oxygen atoms in total. The number of nitrogens with zero attached hydrogens (tertiary/aromatic N) is 2. The molecule has 5 heteroatoms. The zero-order valence-electron chi connectivity index (χ0n) is 15.5. The maximum atomic E-state index is 12.3. The summed E-state index contributed by atoms with van der Waals surface area (Å²) in [5.74, 6) is -0.304. The molecule has 27 heavy (non-hydrogen) atoms. The Kier molecular flexibility index (Phi) is 5.37. The molecular formula is C22H21N3O2. The molecule has 0 bridgehead atoms. The van der Waals surface area contributed by atoms with Crippen molar-refractivity contribution in [3.63, 3.8) is 0 Å². The number of rotatable bonds is 4. The van der Waals surface area contributed by atoms with Crippen LogP contribution in [0, 0.1) is 18.3 Å². The topological polar surface area (TPSA) is 73.2 Å². The van der Waals surface area contributed by atoms with Crippen LogP contribution in [0.3, 0.4) is 0 Å². The van der Waals surface area contributed by atoms with Gasteiger partial charge in [0, 0.05) is 25.7 Å². The van der Waals surface area contributed by atoms with Gasteiger partial charge in [-0.3, -0.25) is 9.59 Å². The lowest BCUT2D eigenvalue weighted by molar-refractivity contribution is -0.118. The standard InChI is InChI=1S/C22H21N3O2/c1-15-3-5-16(6-4-15)14-24-22(27)19(13-23)12-17-7-9-20-18(11-17)8-10-21(26)25(20)2/h3-7,9,11-12H,8,10,14H2,1-2H3,(H,24,27)/b19-12+. The molecule has 136 valence electrons. The van der Waals surface area contributed by atoms with Crippen LogP contribution in [-0.4, -0.2) is 18.9 Å². The van der Waals surface area contributed by atoms with Gasteiger partial charge in [-0.05, 0) is 48.2 Å². The molecule has 0 saturated heterocycles. The highest BCUT2D eigenvalue weighted by Crippen LogP contribution is 2.28. The van der Waals surface area contributed by atoms with Gasteiger partial charge in [0.15, 0.2) is 0 Å². The van der Waals surface area contributed by atoms with E-state index in [0.717, 1.165) is 27.9 Å². The lowest BCUT2D eigenvalue weighted by atomic mass is 9.98.